The number of nitrogens with one attached hydrogen (secondary N) is 2. The van der Waals surface area contributed by atoms with Crippen molar-refractivity contribution < 1.29 is 4.79 Å². The van der Waals surface area contributed by atoms with Crippen LogP contribution in [0.3, 0.4) is 0 Å². The minimum atomic E-state index is -0.542. The molecule has 1 aliphatic heterocycles. The highest BCUT2D eigenvalue weighted by molar-refractivity contribution is 6.30. The summed E-state index contributed by atoms with van der Waals surface area (Å²) < 4.78 is 0. The Morgan fingerprint density at radius 1 is 1.26 bits per heavy atom. The molecule has 0 radical (unpaired) electrons. The lowest BCUT2D eigenvalue weighted by Crippen LogP contribution is -2.45. The minimum absolute atomic E-state index is 0. The largest absolute Gasteiger partial charge is 0.355 e. The van der Waals surface area contributed by atoms with E-state index in [4.69, 9.17) is 11.6 Å². The highest BCUT2D eigenvalue weighted by Crippen LogP contribution is 2.24. The summed E-state index contributed by atoms with van der Waals surface area (Å²) in [7, 11) is 0. The number of carbonyl (C=O) groups excluding carboxylic acids is 1. The van der Waals surface area contributed by atoms with Gasteiger partial charge in [-0.05, 0) is 44.5 Å². The quantitative estimate of drug-likeness (QED) is 0.766. The van der Waals surface area contributed by atoms with E-state index in [2.05, 4.69) is 15.5 Å². The van der Waals surface area contributed by atoms with Crippen molar-refractivity contribution >= 4 is 29.9 Å². The molecule has 0 bridgehead atoms. The van der Waals surface area contributed by atoms with Crippen molar-refractivity contribution in [3.8, 4) is 0 Å². The number of amides is 1. The average molecular weight is 360 g/mol. The summed E-state index contributed by atoms with van der Waals surface area (Å²) >= 11 is 5.91. The number of nitrogens with zero attached hydrogens (tertiary/aromatic N) is 1. The Morgan fingerprint density at radius 3 is 2.48 bits per heavy atom. The maximum atomic E-state index is 12.4. The van der Waals surface area contributed by atoms with Crippen LogP contribution in [0.2, 0.25) is 5.02 Å². The van der Waals surface area contributed by atoms with Crippen molar-refractivity contribution in [2.75, 3.05) is 39.3 Å². The zero-order chi connectivity index (χ0) is 16.0. The fourth-order valence-corrected chi connectivity index (χ4v) is 2.78. The maximum absolute atomic E-state index is 12.4. The van der Waals surface area contributed by atoms with Crippen LogP contribution in [0, 0.1) is 0 Å². The van der Waals surface area contributed by atoms with E-state index in [1.54, 1.807) is 0 Å². The fourth-order valence-electron chi connectivity index (χ4n) is 2.66. The van der Waals surface area contributed by atoms with Crippen LogP contribution in [-0.2, 0) is 10.2 Å². The standard InChI is InChI=1S/C17H26ClN3O.ClH/c1-17(2,14-4-6-15(18)7-5-14)16(22)20-8-3-11-21-12-9-19-10-13-21;/h4-7,19H,3,8-13H2,1-2H3,(H,20,22);1H. The van der Waals surface area contributed by atoms with Gasteiger partial charge in [-0.1, -0.05) is 23.7 Å². The van der Waals surface area contributed by atoms with Crippen LogP contribution in [-0.4, -0.2) is 50.1 Å². The molecule has 2 N–H and O–H groups in total. The van der Waals surface area contributed by atoms with Crippen LogP contribution < -0.4 is 10.6 Å². The summed E-state index contributed by atoms with van der Waals surface area (Å²) in [5, 5.41) is 7.10. The molecular weight excluding hydrogens is 333 g/mol. The predicted molar refractivity (Wildman–Crippen MR) is 98.7 cm³/mol. The number of carbonyl (C=O) groups is 1. The highest BCUT2D eigenvalue weighted by Gasteiger charge is 2.29. The number of piperazine rings is 1. The zero-order valence-corrected chi connectivity index (χ0v) is 15.5. The van der Waals surface area contributed by atoms with Crippen LogP contribution in [0.15, 0.2) is 24.3 Å². The molecule has 0 aliphatic carbocycles. The van der Waals surface area contributed by atoms with E-state index in [0.717, 1.165) is 51.3 Å². The van der Waals surface area contributed by atoms with E-state index in [1.807, 2.05) is 38.1 Å². The van der Waals surface area contributed by atoms with Gasteiger partial charge in [-0.15, -0.1) is 12.4 Å². The normalized spacial score (nSPS) is 15.8. The first-order valence-corrected chi connectivity index (χ1v) is 8.35. The van der Waals surface area contributed by atoms with Crippen molar-refractivity contribution in [1.82, 2.24) is 15.5 Å². The zero-order valence-electron chi connectivity index (χ0n) is 13.9. The maximum Gasteiger partial charge on any atom is 0.230 e. The van der Waals surface area contributed by atoms with E-state index >= 15 is 0 Å². The molecular formula is C17H27Cl2N3O. The van der Waals surface area contributed by atoms with Crippen LogP contribution in [0.4, 0.5) is 0 Å². The van der Waals surface area contributed by atoms with E-state index in [1.165, 1.54) is 0 Å². The number of hydrogen-bond acceptors (Lipinski definition) is 3. The number of benzene rings is 1. The third kappa shape index (κ3) is 5.96. The Kier molecular flexibility index (Phi) is 8.34. The summed E-state index contributed by atoms with van der Waals surface area (Å²) in [6, 6.07) is 7.50. The van der Waals surface area contributed by atoms with E-state index in [-0.39, 0.29) is 18.3 Å². The van der Waals surface area contributed by atoms with Crippen molar-refractivity contribution in [2.24, 2.45) is 0 Å². The van der Waals surface area contributed by atoms with Gasteiger partial charge in [0.1, 0.15) is 0 Å². The molecule has 0 unspecified atom stereocenters. The first kappa shape index (κ1) is 20.2. The molecule has 2 rings (SSSR count). The van der Waals surface area contributed by atoms with Crippen molar-refractivity contribution in [1.29, 1.82) is 0 Å². The Morgan fingerprint density at radius 2 is 1.87 bits per heavy atom. The first-order valence-electron chi connectivity index (χ1n) is 7.97. The van der Waals surface area contributed by atoms with E-state index in [0.29, 0.717) is 5.02 Å². The third-order valence-electron chi connectivity index (χ3n) is 4.28. The second-order valence-electron chi connectivity index (χ2n) is 6.33. The molecule has 0 spiro atoms. The molecule has 1 amide bonds. The van der Waals surface area contributed by atoms with Gasteiger partial charge in [0.25, 0.3) is 0 Å². The molecule has 0 saturated carbocycles. The van der Waals surface area contributed by atoms with Crippen molar-refractivity contribution in [3.05, 3.63) is 34.9 Å². The van der Waals surface area contributed by atoms with Gasteiger partial charge < -0.3 is 15.5 Å². The van der Waals surface area contributed by atoms with Crippen LogP contribution in [0.5, 0.6) is 0 Å². The van der Waals surface area contributed by atoms with Gasteiger partial charge in [0.2, 0.25) is 5.91 Å². The van der Waals surface area contributed by atoms with Crippen molar-refractivity contribution in [3.63, 3.8) is 0 Å². The lowest BCUT2D eigenvalue weighted by molar-refractivity contribution is -0.125. The van der Waals surface area contributed by atoms with Gasteiger partial charge in [0.15, 0.2) is 0 Å². The van der Waals surface area contributed by atoms with Gasteiger partial charge in [-0.2, -0.15) is 0 Å². The monoisotopic (exact) mass is 359 g/mol. The van der Waals surface area contributed by atoms with Gasteiger partial charge >= 0.3 is 0 Å². The second kappa shape index (κ2) is 9.48. The fraction of sp³-hybridized carbons (Fsp3) is 0.588. The first-order chi connectivity index (χ1) is 10.5. The number of halogens is 2. The lowest BCUT2D eigenvalue weighted by Gasteiger charge is -2.28. The lowest BCUT2D eigenvalue weighted by atomic mass is 9.84. The summed E-state index contributed by atoms with van der Waals surface area (Å²) in [6.07, 6.45) is 0.989. The van der Waals surface area contributed by atoms with E-state index in [9.17, 15) is 4.79 Å². The van der Waals surface area contributed by atoms with Gasteiger partial charge in [-0.25, -0.2) is 0 Å². The van der Waals surface area contributed by atoms with Gasteiger partial charge in [-0.3, -0.25) is 4.79 Å². The van der Waals surface area contributed by atoms with Crippen LogP contribution >= 0.6 is 24.0 Å². The molecule has 0 atom stereocenters. The van der Waals surface area contributed by atoms with Crippen LogP contribution in [0.25, 0.3) is 0 Å². The van der Waals surface area contributed by atoms with Gasteiger partial charge in [0.05, 0.1) is 5.41 Å². The molecule has 0 aromatic heterocycles. The molecule has 1 fully saturated rings. The Bertz CT molecular complexity index is 485. The third-order valence-corrected chi connectivity index (χ3v) is 4.53. The van der Waals surface area contributed by atoms with E-state index < -0.39 is 5.41 Å². The molecule has 1 heterocycles. The molecule has 6 heteroatoms. The van der Waals surface area contributed by atoms with Crippen LogP contribution in [0.1, 0.15) is 25.8 Å². The Hall–Kier alpha value is -0.810. The number of rotatable bonds is 6. The molecule has 1 aliphatic rings. The smallest absolute Gasteiger partial charge is 0.230 e. The van der Waals surface area contributed by atoms with Gasteiger partial charge in [0, 0.05) is 37.7 Å². The molecule has 1 saturated heterocycles. The average Bonchev–Trinajstić information content (AvgIpc) is 2.52. The summed E-state index contributed by atoms with van der Waals surface area (Å²) in [4.78, 5) is 14.9. The Balaban J connectivity index is 0.00000264. The molecule has 23 heavy (non-hydrogen) atoms. The molecule has 4 nitrogen and oxygen atoms in total. The Labute approximate surface area is 150 Å². The second-order valence-corrected chi connectivity index (χ2v) is 6.77. The molecule has 130 valence electrons. The summed E-state index contributed by atoms with van der Waals surface area (Å²) in [5.41, 5.74) is 0.441. The minimum Gasteiger partial charge on any atom is -0.355 e. The predicted octanol–water partition coefficient (Wildman–Crippen LogP) is 2.45. The summed E-state index contributed by atoms with van der Waals surface area (Å²) in [5.74, 6) is 0.0649. The number of hydrogen-bond donors (Lipinski definition) is 2. The SMILES string of the molecule is CC(C)(C(=O)NCCCN1CCNCC1)c1ccc(Cl)cc1.Cl. The molecule has 1 aromatic rings. The topological polar surface area (TPSA) is 44.4 Å². The van der Waals surface area contributed by atoms with Crippen molar-refractivity contribution in [2.45, 2.75) is 25.7 Å². The highest BCUT2D eigenvalue weighted by atomic mass is 35.5. The summed E-state index contributed by atoms with van der Waals surface area (Å²) in [6.45, 7) is 9.99. The molecule has 1 aromatic carbocycles.